The molecular weight excluding hydrogens is 334 g/mol. The number of amides is 1. The molecule has 6 heteroatoms. The van der Waals surface area contributed by atoms with E-state index in [1.165, 1.54) is 0 Å². The van der Waals surface area contributed by atoms with Crippen LogP contribution >= 0.6 is 15.9 Å². The number of benzene rings is 1. The maximum Gasteiger partial charge on any atom is 0.220 e. The number of carbonyl (C=O) groups is 1. The van der Waals surface area contributed by atoms with Crippen LogP contribution in [-0.2, 0) is 11.3 Å². The van der Waals surface area contributed by atoms with E-state index in [9.17, 15) is 4.79 Å². The normalized spacial score (nSPS) is 10.1. The lowest BCUT2D eigenvalue weighted by atomic mass is 10.2. The van der Waals surface area contributed by atoms with E-state index in [-0.39, 0.29) is 18.9 Å². The Balaban J connectivity index is 1.96. The fraction of sp³-hybridized carbons (Fsp3) is 0.200. The first kappa shape index (κ1) is 15.3. The Morgan fingerprint density at radius 2 is 2.10 bits per heavy atom. The van der Waals surface area contributed by atoms with Gasteiger partial charge in [-0.2, -0.15) is 0 Å². The lowest BCUT2D eigenvalue weighted by molar-refractivity contribution is -0.118. The number of nitrogens with two attached hydrogens (primary N) is 1. The molecule has 1 aromatic heterocycles. The van der Waals surface area contributed by atoms with Gasteiger partial charge in [0.15, 0.2) is 0 Å². The number of halogens is 1. The molecule has 21 heavy (non-hydrogen) atoms. The summed E-state index contributed by atoms with van der Waals surface area (Å²) in [5, 5.41) is 3.27. The number of ether oxygens (including phenoxy) is 1. The summed E-state index contributed by atoms with van der Waals surface area (Å²) in [6, 6.07) is 11.4. The van der Waals surface area contributed by atoms with E-state index in [1.54, 1.807) is 6.20 Å². The predicted molar refractivity (Wildman–Crippen MR) is 85.0 cm³/mol. The number of anilines is 1. The molecule has 1 amide bonds. The summed E-state index contributed by atoms with van der Waals surface area (Å²) in [5.41, 5.74) is 6.87. The van der Waals surface area contributed by atoms with E-state index in [0.717, 1.165) is 15.9 Å². The summed E-state index contributed by atoms with van der Waals surface area (Å²) in [4.78, 5) is 15.0. The number of aromatic nitrogens is 1. The zero-order chi connectivity index (χ0) is 15.1. The zero-order valence-corrected chi connectivity index (χ0v) is 13.0. The predicted octanol–water partition coefficient (Wildman–Crippen LogP) is 2.71. The highest BCUT2D eigenvalue weighted by molar-refractivity contribution is 9.10. The molecule has 0 spiro atoms. The highest BCUT2D eigenvalue weighted by atomic mass is 79.9. The van der Waals surface area contributed by atoms with Gasteiger partial charge >= 0.3 is 0 Å². The standard InChI is InChI=1S/C15H16BrN3O2/c16-11-5-6-12(18-9-11)10-19-13-3-1-2-4-14(13)21-8-7-15(17)20/h1-6,9,19H,7-8,10H2,(H2,17,20). The second-order valence-corrected chi connectivity index (χ2v) is 5.30. The van der Waals surface area contributed by atoms with Gasteiger partial charge in [0.2, 0.25) is 5.91 Å². The van der Waals surface area contributed by atoms with Crippen molar-refractivity contribution in [1.82, 2.24) is 4.98 Å². The van der Waals surface area contributed by atoms with Crippen molar-refractivity contribution in [2.45, 2.75) is 13.0 Å². The van der Waals surface area contributed by atoms with Gasteiger partial charge in [0.25, 0.3) is 0 Å². The molecule has 2 aromatic rings. The van der Waals surface area contributed by atoms with Crippen LogP contribution in [0.5, 0.6) is 5.75 Å². The minimum absolute atomic E-state index is 0.197. The van der Waals surface area contributed by atoms with Gasteiger partial charge in [-0.1, -0.05) is 12.1 Å². The molecule has 0 aliphatic rings. The van der Waals surface area contributed by atoms with Crippen LogP contribution in [0.4, 0.5) is 5.69 Å². The van der Waals surface area contributed by atoms with E-state index >= 15 is 0 Å². The Morgan fingerprint density at radius 3 is 2.81 bits per heavy atom. The molecule has 0 saturated heterocycles. The second kappa shape index (κ2) is 7.64. The van der Waals surface area contributed by atoms with Crippen LogP contribution in [0.3, 0.4) is 0 Å². The summed E-state index contributed by atoms with van der Waals surface area (Å²) in [6.07, 6.45) is 1.95. The van der Waals surface area contributed by atoms with Gasteiger partial charge in [0.05, 0.1) is 31.0 Å². The van der Waals surface area contributed by atoms with Gasteiger partial charge in [-0.3, -0.25) is 9.78 Å². The number of nitrogens with one attached hydrogen (secondary N) is 1. The summed E-state index contributed by atoms with van der Waals surface area (Å²) >= 11 is 3.35. The molecule has 2 rings (SSSR count). The minimum Gasteiger partial charge on any atom is -0.491 e. The number of rotatable bonds is 7. The molecule has 0 aliphatic carbocycles. The Hall–Kier alpha value is -2.08. The molecule has 0 saturated carbocycles. The van der Waals surface area contributed by atoms with Crippen molar-refractivity contribution in [2.24, 2.45) is 5.73 Å². The third-order valence-corrected chi connectivity index (χ3v) is 3.21. The Bertz CT molecular complexity index is 602. The van der Waals surface area contributed by atoms with Crippen LogP contribution in [0.15, 0.2) is 47.1 Å². The van der Waals surface area contributed by atoms with Crippen LogP contribution in [0.25, 0.3) is 0 Å². The van der Waals surface area contributed by atoms with E-state index in [4.69, 9.17) is 10.5 Å². The molecule has 0 atom stereocenters. The molecule has 1 heterocycles. The number of primary amides is 1. The van der Waals surface area contributed by atoms with Crippen molar-refractivity contribution in [1.29, 1.82) is 0 Å². The van der Waals surface area contributed by atoms with Crippen LogP contribution < -0.4 is 15.8 Å². The van der Waals surface area contributed by atoms with Gasteiger partial charge in [-0.25, -0.2) is 0 Å². The molecule has 0 unspecified atom stereocenters. The lowest BCUT2D eigenvalue weighted by Gasteiger charge is -2.12. The van der Waals surface area contributed by atoms with Crippen LogP contribution in [0.1, 0.15) is 12.1 Å². The Morgan fingerprint density at radius 1 is 1.29 bits per heavy atom. The SMILES string of the molecule is NC(=O)CCOc1ccccc1NCc1ccc(Br)cn1. The van der Waals surface area contributed by atoms with Crippen LogP contribution in [0, 0.1) is 0 Å². The number of hydrogen-bond donors (Lipinski definition) is 2. The first-order chi connectivity index (χ1) is 10.1. The van der Waals surface area contributed by atoms with E-state index in [1.807, 2.05) is 36.4 Å². The van der Waals surface area contributed by atoms with Crippen molar-refractivity contribution >= 4 is 27.5 Å². The minimum atomic E-state index is -0.375. The largest absolute Gasteiger partial charge is 0.491 e. The summed E-state index contributed by atoms with van der Waals surface area (Å²) < 4.78 is 6.51. The number of para-hydroxylation sites is 2. The number of pyridine rings is 1. The summed E-state index contributed by atoms with van der Waals surface area (Å²) in [5.74, 6) is 0.315. The summed E-state index contributed by atoms with van der Waals surface area (Å²) in [6.45, 7) is 0.855. The molecule has 110 valence electrons. The van der Waals surface area contributed by atoms with Crippen LogP contribution in [-0.4, -0.2) is 17.5 Å². The first-order valence-corrected chi connectivity index (χ1v) is 7.29. The molecule has 3 N–H and O–H groups in total. The number of nitrogens with zero attached hydrogens (tertiary/aromatic N) is 1. The lowest BCUT2D eigenvalue weighted by Crippen LogP contribution is -2.15. The van der Waals surface area contributed by atoms with E-state index in [2.05, 4.69) is 26.2 Å². The molecular formula is C15H16BrN3O2. The maximum atomic E-state index is 10.7. The number of carbonyl (C=O) groups excluding carboxylic acids is 1. The average molecular weight is 350 g/mol. The molecule has 0 aliphatic heterocycles. The third kappa shape index (κ3) is 5.07. The van der Waals surface area contributed by atoms with Crippen LogP contribution in [0.2, 0.25) is 0 Å². The number of hydrogen-bond acceptors (Lipinski definition) is 4. The Labute approximate surface area is 131 Å². The average Bonchev–Trinajstić information content (AvgIpc) is 2.47. The van der Waals surface area contributed by atoms with E-state index < -0.39 is 0 Å². The van der Waals surface area contributed by atoms with E-state index in [0.29, 0.717) is 12.3 Å². The van der Waals surface area contributed by atoms with Crippen molar-refractivity contribution in [3.05, 3.63) is 52.8 Å². The quantitative estimate of drug-likeness (QED) is 0.805. The van der Waals surface area contributed by atoms with Crippen molar-refractivity contribution in [3.63, 3.8) is 0 Å². The zero-order valence-electron chi connectivity index (χ0n) is 11.4. The molecule has 0 bridgehead atoms. The first-order valence-electron chi connectivity index (χ1n) is 6.49. The Kier molecular flexibility index (Phi) is 5.57. The highest BCUT2D eigenvalue weighted by Crippen LogP contribution is 2.24. The van der Waals surface area contributed by atoms with Crippen molar-refractivity contribution in [2.75, 3.05) is 11.9 Å². The molecule has 1 aromatic carbocycles. The monoisotopic (exact) mass is 349 g/mol. The fourth-order valence-electron chi connectivity index (χ4n) is 1.70. The summed E-state index contributed by atoms with van der Waals surface area (Å²) in [7, 11) is 0. The van der Waals surface area contributed by atoms with Gasteiger partial charge in [0.1, 0.15) is 5.75 Å². The highest BCUT2D eigenvalue weighted by Gasteiger charge is 2.04. The second-order valence-electron chi connectivity index (χ2n) is 4.38. The third-order valence-electron chi connectivity index (χ3n) is 2.74. The van der Waals surface area contributed by atoms with Gasteiger partial charge in [0, 0.05) is 10.7 Å². The van der Waals surface area contributed by atoms with Crippen molar-refractivity contribution < 1.29 is 9.53 Å². The van der Waals surface area contributed by atoms with Gasteiger partial charge < -0.3 is 15.8 Å². The van der Waals surface area contributed by atoms with Crippen molar-refractivity contribution in [3.8, 4) is 5.75 Å². The molecule has 0 fully saturated rings. The molecule has 5 nitrogen and oxygen atoms in total. The van der Waals surface area contributed by atoms with Gasteiger partial charge in [-0.15, -0.1) is 0 Å². The smallest absolute Gasteiger partial charge is 0.220 e. The fourth-order valence-corrected chi connectivity index (χ4v) is 1.93. The van der Waals surface area contributed by atoms with Gasteiger partial charge in [-0.05, 0) is 40.2 Å². The topological polar surface area (TPSA) is 77.2 Å². The maximum absolute atomic E-state index is 10.7. The molecule has 0 radical (unpaired) electrons.